The van der Waals surface area contributed by atoms with E-state index in [0.29, 0.717) is 30.9 Å². The molecular formula is C23H32N2O5S. The van der Waals surface area contributed by atoms with Crippen molar-refractivity contribution in [1.29, 1.82) is 0 Å². The van der Waals surface area contributed by atoms with E-state index in [4.69, 9.17) is 9.47 Å². The maximum absolute atomic E-state index is 13.2. The third-order valence-corrected chi connectivity index (χ3v) is 6.15. The van der Waals surface area contributed by atoms with Gasteiger partial charge in [0, 0.05) is 0 Å². The minimum atomic E-state index is -3.70. The molecule has 8 heteroatoms. The number of nitrogens with zero attached hydrogens (tertiary/aromatic N) is 1. The molecular weight excluding hydrogens is 416 g/mol. The summed E-state index contributed by atoms with van der Waals surface area (Å²) in [5, 5.41) is 3.01. The number of hydrogen-bond acceptors (Lipinski definition) is 5. The largest absolute Gasteiger partial charge is 0.497 e. The van der Waals surface area contributed by atoms with Gasteiger partial charge in [-0.2, -0.15) is 0 Å². The molecule has 31 heavy (non-hydrogen) atoms. The van der Waals surface area contributed by atoms with Crippen molar-refractivity contribution in [1.82, 2.24) is 5.32 Å². The van der Waals surface area contributed by atoms with Crippen molar-refractivity contribution < 1.29 is 22.7 Å². The van der Waals surface area contributed by atoms with E-state index in [1.54, 1.807) is 38.3 Å². The molecule has 0 saturated heterocycles. The molecule has 2 aromatic rings. The number of benzene rings is 2. The maximum Gasteiger partial charge on any atom is 0.244 e. The molecule has 1 amide bonds. The summed E-state index contributed by atoms with van der Waals surface area (Å²) in [5.41, 5.74) is 1.35. The average molecular weight is 449 g/mol. The second-order valence-electron chi connectivity index (χ2n) is 7.15. The number of anilines is 1. The van der Waals surface area contributed by atoms with Gasteiger partial charge in [-0.05, 0) is 61.7 Å². The Morgan fingerprint density at radius 1 is 0.968 bits per heavy atom. The number of sulfonamides is 1. The van der Waals surface area contributed by atoms with Gasteiger partial charge in [0.05, 0.1) is 31.7 Å². The predicted octanol–water partition coefficient (Wildman–Crippen LogP) is 3.91. The Morgan fingerprint density at radius 3 is 2.00 bits per heavy atom. The van der Waals surface area contributed by atoms with E-state index in [2.05, 4.69) is 5.32 Å². The molecule has 0 heterocycles. The lowest BCUT2D eigenvalue weighted by Gasteiger charge is -2.31. The standard InChI is InChI=1S/C23H32N2O5S/c1-6-21(17-9-13-19(29-4)14-10-17)24-23(26)22(7-2)25(31(5,27)28)18-11-15-20(16-12-18)30-8-3/h9-16,21-22H,6-8H2,1-5H3,(H,24,26)/t21-,22-/m0/s1. The highest BCUT2D eigenvalue weighted by Crippen LogP contribution is 2.26. The van der Waals surface area contributed by atoms with Crippen LogP contribution >= 0.6 is 0 Å². The van der Waals surface area contributed by atoms with Gasteiger partial charge in [0.15, 0.2) is 0 Å². The maximum atomic E-state index is 13.2. The number of rotatable bonds is 11. The molecule has 1 N–H and O–H groups in total. The van der Waals surface area contributed by atoms with E-state index >= 15 is 0 Å². The molecule has 2 atom stereocenters. The average Bonchev–Trinajstić information content (AvgIpc) is 2.75. The number of methoxy groups -OCH3 is 1. The van der Waals surface area contributed by atoms with Crippen LogP contribution in [0.4, 0.5) is 5.69 Å². The Kier molecular flexibility index (Phi) is 8.74. The van der Waals surface area contributed by atoms with Crippen LogP contribution < -0.4 is 19.1 Å². The van der Waals surface area contributed by atoms with Crippen molar-refractivity contribution in [2.45, 2.75) is 45.7 Å². The van der Waals surface area contributed by atoms with Gasteiger partial charge in [-0.3, -0.25) is 9.10 Å². The molecule has 0 aromatic heterocycles. The van der Waals surface area contributed by atoms with Crippen LogP contribution in [0.1, 0.15) is 45.2 Å². The van der Waals surface area contributed by atoms with Crippen molar-refractivity contribution in [3.05, 3.63) is 54.1 Å². The molecule has 0 radical (unpaired) electrons. The van der Waals surface area contributed by atoms with Gasteiger partial charge in [0.1, 0.15) is 17.5 Å². The van der Waals surface area contributed by atoms with Gasteiger partial charge in [-0.25, -0.2) is 8.42 Å². The summed E-state index contributed by atoms with van der Waals surface area (Å²) in [5.74, 6) is 1.03. The lowest BCUT2D eigenvalue weighted by Crippen LogP contribution is -2.50. The van der Waals surface area contributed by atoms with E-state index in [1.165, 1.54) is 4.31 Å². The van der Waals surface area contributed by atoms with Crippen LogP contribution in [0.5, 0.6) is 11.5 Å². The zero-order valence-electron chi connectivity index (χ0n) is 18.8. The van der Waals surface area contributed by atoms with E-state index in [-0.39, 0.29) is 11.9 Å². The second kappa shape index (κ2) is 11.0. The molecule has 0 fully saturated rings. The van der Waals surface area contributed by atoms with Gasteiger partial charge in [-0.1, -0.05) is 26.0 Å². The van der Waals surface area contributed by atoms with Gasteiger partial charge in [-0.15, -0.1) is 0 Å². The van der Waals surface area contributed by atoms with E-state index in [1.807, 2.05) is 38.1 Å². The fourth-order valence-corrected chi connectivity index (χ4v) is 4.65. The molecule has 0 aliphatic rings. The quantitative estimate of drug-likeness (QED) is 0.563. The SMILES string of the molecule is CCOc1ccc(N([C@@H](CC)C(=O)N[C@@H](CC)c2ccc(OC)cc2)S(C)(=O)=O)cc1. The monoisotopic (exact) mass is 448 g/mol. The highest BCUT2D eigenvalue weighted by Gasteiger charge is 2.32. The first-order valence-corrected chi connectivity index (χ1v) is 12.3. The first-order valence-electron chi connectivity index (χ1n) is 10.4. The van der Waals surface area contributed by atoms with Gasteiger partial charge >= 0.3 is 0 Å². The molecule has 0 aliphatic heterocycles. The number of hydrogen-bond donors (Lipinski definition) is 1. The van der Waals surface area contributed by atoms with Crippen LogP contribution in [0.15, 0.2) is 48.5 Å². The molecule has 2 rings (SSSR count). The lowest BCUT2D eigenvalue weighted by molar-refractivity contribution is -0.123. The summed E-state index contributed by atoms with van der Waals surface area (Å²) in [6, 6.07) is 13.1. The Hall–Kier alpha value is -2.74. The molecule has 2 aromatic carbocycles. The molecule has 0 aliphatic carbocycles. The second-order valence-corrected chi connectivity index (χ2v) is 9.01. The Balaban J connectivity index is 2.30. The third kappa shape index (κ3) is 6.37. The molecule has 0 saturated carbocycles. The van der Waals surface area contributed by atoms with Crippen LogP contribution in [-0.2, 0) is 14.8 Å². The molecule has 0 bridgehead atoms. The van der Waals surface area contributed by atoms with Crippen LogP contribution in [0.25, 0.3) is 0 Å². The number of carbonyl (C=O) groups is 1. The molecule has 0 spiro atoms. The zero-order chi connectivity index (χ0) is 23.0. The van der Waals surface area contributed by atoms with Crippen LogP contribution in [0, 0.1) is 0 Å². The lowest BCUT2D eigenvalue weighted by atomic mass is 10.0. The molecule has 170 valence electrons. The summed E-state index contributed by atoms with van der Waals surface area (Å²) in [7, 11) is -2.10. The number of amides is 1. The minimum Gasteiger partial charge on any atom is -0.497 e. The van der Waals surface area contributed by atoms with Gasteiger partial charge in [0.2, 0.25) is 15.9 Å². The normalized spacial score (nSPS) is 13.2. The van der Waals surface area contributed by atoms with Gasteiger partial charge in [0.25, 0.3) is 0 Å². The van der Waals surface area contributed by atoms with Gasteiger partial charge < -0.3 is 14.8 Å². The van der Waals surface area contributed by atoms with Crippen LogP contribution in [0.2, 0.25) is 0 Å². The van der Waals surface area contributed by atoms with Crippen LogP contribution in [-0.4, -0.2) is 40.3 Å². The summed E-state index contributed by atoms with van der Waals surface area (Å²) < 4.78 is 37.1. The summed E-state index contributed by atoms with van der Waals surface area (Å²) in [6.45, 7) is 6.16. The topological polar surface area (TPSA) is 84.9 Å². The summed E-state index contributed by atoms with van der Waals surface area (Å²) >= 11 is 0. The predicted molar refractivity (Wildman–Crippen MR) is 123 cm³/mol. The van der Waals surface area contributed by atoms with E-state index in [9.17, 15) is 13.2 Å². The fraction of sp³-hybridized carbons (Fsp3) is 0.435. The van der Waals surface area contributed by atoms with Crippen molar-refractivity contribution in [3.63, 3.8) is 0 Å². The van der Waals surface area contributed by atoms with E-state index < -0.39 is 16.1 Å². The number of carbonyl (C=O) groups excluding carboxylic acids is 1. The Morgan fingerprint density at radius 2 is 1.55 bits per heavy atom. The van der Waals surface area contributed by atoms with Crippen molar-refractivity contribution in [2.75, 3.05) is 24.3 Å². The Labute approximate surface area is 185 Å². The highest BCUT2D eigenvalue weighted by molar-refractivity contribution is 7.92. The zero-order valence-corrected chi connectivity index (χ0v) is 19.6. The van der Waals surface area contributed by atoms with Crippen molar-refractivity contribution in [3.8, 4) is 11.5 Å². The molecule has 0 unspecified atom stereocenters. The van der Waals surface area contributed by atoms with Crippen molar-refractivity contribution >= 4 is 21.6 Å². The minimum absolute atomic E-state index is 0.241. The highest BCUT2D eigenvalue weighted by atomic mass is 32.2. The number of ether oxygens (including phenoxy) is 2. The third-order valence-electron chi connectivity index (χ3n) is 4.97. The smallest absolute Gasteiger partial charge is 0.244 e. The summed E-state index contributed by atoms with van der Waals surface area (Å²) in [6.07, 6.45) is 2.10. The first kappa shape index (κ1) is 24.5. The van der Waals surface area contributed by atoms with Crippen LogP contribution in [0.3, 0.4) is 0 Å². The van der Waals surface area contributed by atoms with E-state index in [0.717, 1.165) is 17.6 Å². The Bertz CT molecular complexity index is 943. The number of nitrogens with one attached hydrogen (secondary N) is 1. The summed E-state index contributed by atoms with van der Waals surface area (Å²) in [4.78, 5) is 13.2. The fourth-order valence-electron chi connectivity index (χ4n) is 3.44. The van der Waals surface area contributed by atoms with Crippen molar-refractivity contribution in [2.24, 2.45) is 0 Å². The first-order chi connectivity index (χ1) is 14.7. The molecule has 7 nitrogen and oxygen atoms in total.